The van der Waals surface area contributed by atoms with Gasteiger partial charge in [-0.3, -0.25) is 9.59 Å². The van der Waals surface area contributed by atoms with E-state index >= 15 is 4.39 Å². The van der Waals surface area contributed by atoms with E-state index in [2.05, 4.69) is 10.3 Å². The molecule has 172 valence electrons. The predicted molar refractivity (Wildman–Crippen MR) is 118 cm³/mol. The largest absolute Gasteiger partial charge is 0.497 e. The standard InChI is InChI=1S/C22H26ClFN4O4/c1-11(2)7-15(20(25)29)26-21-18(24)14-10-28(22(30)17(14)19(23)27-21)9-12-5-6-13(31-3)8-16(12)32-4/h5-6,8,11,15H,7,9-10H2,1-4H3,(H2,25,29)(H,26,27)/t15-/m1/s1. The van der Waals surface area contributed by atoms with Crippen molar-refractivity contribution in [3.8, 4) is 11.5 Å². The first-order valence-electron chi connectivity index (χ1n) is 10.1. The maximum Gasteiger partial charge on any atom is 0.258 e. The van der Waals surface area contributed by atoms with Crippen molar-refractivity contribution < 1.29 is 23.5 Å². The molecule has 0 spiro atoms. The molecule has 32 heavy (non-hydrogen) atoms. The number of amides is 2. The molecule has 2 aromatic rings. The van der Waals surface area contributed by atoms with Gasteiger partial charge in [-0.05, 0) is 24.5 Å². The molecule has 0 saturated heterocycles. The van der Waals surface area contributed by atoms with E-state index < -0.39 is 23.7 Å². The van der Waals surface area contributed by atoms with Gasteiger partial charge in [0.05, 0.1) is 26.3 Å². The third kappa shape index (κ3) is 4.72. The smallest absolute Gasteiger partial charge is 0.258 e. The van der Waals surface area contributed by atoms with E-state index in [1.807, 2.05) is 13.8 Å². The molecular weight excluding hydrogens is 439 g/mol. The average molecular weight is 465 g/mol. The first-order valence-corrected chi connectivity index (χ1v) is 10.5. The van der Waals surface area contributed by atoms with Crippen LogP contribution in [0.4, 0.5) is 10.2 Å². The van der Waals surface area contributed by atoms with Crippen LogP contribution in [-0.4, -0.2) is 42.0 Å². The van der Waals surface area contributed by atoms with Gasteiger partial charge in [0.2, 0.25) is 5.91 Å². The van der Waals surface area contributed by atoms with Gasteiger partial charge >= 0.3 is 0 Å². The number of hydrogen-bond donors (Lipinski definition) is 2. The van der Waals surface area contributed by atoms with Gasteiger partial charge in [0.1, 0.15) is 22.7 Å². The van der Waals surface area contributed by atoms with E-state index in [0.717, 1.165) is 5.56 Å². The molecule has 1 aliphatic rings. The van der Waals surface area contributed by atoms with Crippen LogP contribution in [0.5, 0.6) is 11.5 Å². The summed E-state index contributed by atoms with van der Waals surface area (Å²) in [5.41, 5.74) is 6.31. The van der Waals surface area contributed by atoms with Gasteiger partial charge in [0.25, 0.3) is 5.91 Å². The Kier molecular flexibility index (Phi) is 7.08. The fourth-order valence-electron chi connectivity index (χ4n) is 3.66. The van der Waals surface area contributed by atoms with E-state index in [9.17, 15) is 9.59 Å². The number of carbonyl (C=O) groups excluding carboxylic acids is 2. The van der Waals surface area contributed by atoms with Crippen molar-refractivity contribution >= 4 is 29.2 Å². The zero-order valence-corrected chi connectivity index (χ0v) is 19.1. The molecule has 3 N–H and O–H groups in total. The van der Waals surface area contributed by atoms with Crippen LogP contribution in [0.15, 0.2) is 18.2 Å². The summed E-state index contributed by atoms with van der Waals surface area (Å²) in [5.74, 6) is -0.689. The number of nitrogens with one attached hydrogen (secondary N) is 1. The maximum absolute atomic E-state index is 15.3. The molecule has 2 heterocycles. The molecule has 0 bridgehead atoms. The zero-order valence-electron chi connectivity index (χ0n) is 18.4. The van der Waals surface area contributed by atoms with E-state index in [1.54, 1.807) is 25.3 Å². The predicted octanol–water partition coefficient (Wildman–Crippen LogP) is 3.36. The molecule has 0 fully saturated rings. The van der Waals surface area contributed by atoms with Crippen molar-refractivity contribution in [3.05, 3.63) is 45.9 Å². The number of methoxy groups -OCH3 is 2. The van der Waals surface area contributed by atoms with Crippen molar-refractivity contribution in [2.75, 3.05) is 19.5 Å². The highest BCUT2D eigenvalue weighted by molar-refractivity contribution is 6.33. The van der Waals surface area contributed by atoms with Crippen LogP contribution < -0.4 is 20.5 Å². The topological polar surface area (TPSA) is 107 Å². The second-order valence-electron chi connectivity index (χ2n) is 7.99. The minimum Gasteiger partial charge on any atom is -0.497 e. The van der Waals surface area contributed by atoms with Gasteiger partial charge in [-0.2, -0.15) is 0 Å². The lowest BCUT2D eigenvalue weighted by Gasteiger charge is -2.19. The van der Waals surface area contributed by atoms with Crippen molar-refractivity contribution in [1.82, 2.24) is 9.88 Å². The highest BCUT2D eigenvalue weighted by atomic mass is 35.5. The highest BCUT2D eigenvalue weighted by Crippen LogP contribution is 2.35. The van der Waals surface area contributed by atoms with Crippen molar-refractivity contribution in [2.45, 2.75) is 39.4 Å². The molecule has 10 heteroatoms. The van der Waals surface area contributed by atoms with Gasteiger partial charge in [0, 0.05) is 23.7 Å². The molecule has 0 unspecified atom stereocenters. The minimum absolute atomic E-state index is 0.00246. The molecule has 8 nitrogen and oxygen atoms in total. The number of hydrogen-bond acceptors (Lipinski definition) is 6. The summed E-state index contributed by atoms with van der Waals surface area (Å²) in [6.07, 6.45) is 0.396. The Labute approximate surface area is 190 Å². The first-order chi connectivity index (χ1) is 15.2. The molecular formula is C22H26ClFN4O4. The van der Waals surface area contributed by atoms with E-state index in [0.29, 0.717) is 17.9 Å². The minimum atomic E-state index is -0.817. The van der Waals surface area contributed by atoms with E-state index in [1.165, 1.54) is 12.0 Å². The summed E-state index contributed by atoms with van der Waals surface area (Å²) in [6, 6.07) is 4.42. The number of ether oxygens (including phenoxy) is 2. The molecule has 1 aromatic heterocycles. The van der Waals surface area contributed by atoms with Gasteiger partial charge in [-0.15, -0.1) is 0 Å². The molecule has 1 atom stereocenters. The molecule has 1 aliphatic heterocycles. The number of rotatable bonds is 9. The van der Waals surface area contributed by atoms with Crippen LogP contribution in [0.25, 0.3) is 0 Å². The van der Waals surface area contributed by atoms with Gasteiger partial charge in [-0.1, -0.05) is 25.4 Å². The summed E-state index contributed by atoms with van der Waals surface area (Å²) >= 11 is 6.25. The Morgan fingerprint density at radius 3 is 2.66 bits per heavy atom. The number of anilines is 1. The van der Waals surface area contributed by atoms with E-state index in [-0.39, 0.29) is 41.1 Å². The van der Waals surface area contributed by atoms with Gasteiger partial charge in [0.15, 0.2) is 11.6 Å². The number of carbonyl (C=O) groups is 2. The summed E-state index contributed by atoms with van der Waals surface area (Å²) in [4.78, 5) is 30.2. The number of fused-ring (bicyclic) bond motifs is 1. The summed E-state index contributed by atoms with van der Waals surface area (Å²) in [5, 5.41) is 2.62. The number of halogens is 2. The lowest BCUT2D eigenvalue weighted by Crippen LogP contribution is -2.37. The van der Waals surface area contributed by atoms with Gasteiger partial charge < -0.3 is 25.4 Å². The van der Waals surface area contributed by atoms with Crippen molar-refractivity contribution in [2.24, 2.45) is 11.7 Å². The average Bonchev–Trinajstić information content (AvgIpc) is 3.07. The third-order valence-electron chi connectivity index (χ3n) is 5.26. The van der Waals surface area contributed by atoms with Crippen LogP contribution >= 0.6 is 11.6 Å². The number of benzene rings is 1. The second kappa shape index (κ2) is 9.60. The zero-order chi connectivity index (χ0) is 23.6. The molecule has 0 aliphatic carbocycles. The quantitative estimate of drug-likeness (QED) is 0.551. The summed E-state index contributed by atoms with van der Waals surface area (Å²) in [7, 11) is 3.06. The number of pyridine rings is 1. The Bertz CT molecular complexity index is 1050. The van der Waals surface area contributed by atoms with Crippen molar-refractivity contribution in [1.29, 1.82) is 0 Å². The van der Waals surface area contributed by atoms with Crippen molar-refractivity contribution in [3.63, 3.8) is 0 Å². The highest BCUT2D eigenvalue weighted by Gasteiger charge is 2.35. The van der Waals surface area contributed by atoms with Crippen LogP contribution in [0.2, 0.25) is 5.15 Å². The number of nitrogens with two attached hydrogens (primary N) is 1. The Hall–Kier alpha value is -3.07. The molecule has 3 rings (SSSR count). The van der Waals surface area contributed by atoms with E-state index in [4.69, 9.17) is 26.8 Å². The molecule has 2 amide bonds. The SMILES string of the molecule is COc1ccc(CN2Cc3c(F)c(N[C@H](CC(C)C)C(N)=O)nc(Cl)c3C2=O)c(OC)c1. The fourth-order valence-corrected chi connectivity index (χ4v) is 3.94. The Balaban J connectivity index is 1.89. The lowest BCUT2D eigenvalue weighted by atomic mass is 10.0. The monoisotopic (exact) mass is 464 g/mol. The Morgan fingerprint density at radius 2 is 2.06 bits per heavy atom. The third-order valence-corrected chi connectivity index (χ3v) is 5.53. The maximum atomic E-state index is 15.3. The number of primary amides is 1. The van der Waals surface area contributed by atoms with Gasteiger partial charge in [-0.25, -0.2) is 9.37 Å². The molecule has 0 radical (unpaired) electrons. The first kappa shape index (κ1) is 23.6. The molecule has 1 aromatic carbocycles. The summed E-state index contributed by atoms with van der Waals surface area (Å²) in [6.45, 7) is 4.01. The number of nitrogens with zero attached hydrogens (tertiary/aromatic N) is 2. The Morgan fingerprint density at radius 1 is 1.34 bits per heavy atom. The second-order valence-corrected chi connectivity index (χ2v) is 8.34. The van der Waals surface area contributed by atoms with Crippen LogP contribution in [0.3, 0.4) is 0 Å². The van der Waals surface area contributed by atoms with Crippen LogP contribution in [-0.2, 0) is 17.9 Å². The molecule has 0 saturated carbocycles. The fraction of sp³-hybridized carbons (Fsp3) is 0.409. The van der Waals surface area contributed by atoms with Crippen LogP contribution in [0, 0.1) is 11.7 Å². The lowest BCUT2D eigenvalue weighted by molar-refractivity contribution is -0.119. The number of aromatic nitrogens is 1. The van der Waals surface area contributed by atoms with Crippen LogP contribution in [0.1, 0.15) is 41.8 Å². The normalized spacial score (nSPS) is 13.8. The summed E-state index contributed by atoms with van der Waals surface area (Å²) < 4.78 is 25.9.